The Labute approximate surface area is 273 Å². The molecule has 0 saturated carbocycles. The number of pyridine rings is 1. The first-order valence-electron chi connectivity index (χ1n) is 16.3. The number of nitrogens with one attached hydrogen (secondary N) is 2. The summed E-state index contributed by atoms with van der Waals surface area (Å²) in [6.07, 6.45) is -2.97. The number of aromatic nitrogens is 1. The summed E-state index contributed by atoms with van der Waals surface area (Å²) in [5.74, 6) is -0.465. The van der Waals surface area contributed by atoms with Crippen LogP contribution in [0, 0.1) is 0 Å². The third kappa shape index (κ3) is 6.60. The molecule has 47 heavy (non-hydrogen) atoms. The molecule has 1 aromatic heterocycles. The Kier molecular flexibility index (Phi) is 9.32. The molecule has 1 unspecified atom stereocenters. The standard InChI is InChI=1S/C35H41F3N6O3/c1-4-23-21-43(34(46)26-19-39-31-24(26)10-8-11-27(31)35(36,37)38)17-18-44(23)29-14-13-28(25-9-6-7-12-30(25)47-5-2)41-32(29)33(45)40-22-15-16-42(3)20-22/h6-14,22-23,26,39H,4-5,15-21H2,1-3H3,(H,40,45)/t22-,23+,26?/m0/s1. The predicted octanol–water partition coefficient (Wildman–Crippen LogP) is 5.24. The number of amides is 2. The number of para-hydroxylation sites is 2. The van der Waals surface area contributed by atoms with Crippen molar-refractivity contribution in [1.82, 2.24) is 20.1 Å². The van der Waals surface area contributed by atoms with E-state index in [1.54, 1.807) is 11.0 Å². The molecule has 2 aromatic carbocycles. The summed E-state index contributed by atoms with van der Waals surface area (Å²) in [6, 6.07) is 15.3. The Hall–Kier alpha value is -4.32. The molecule has 2 N–H and O–H groups in total. The number of likely N-dealkylation sites (tertiary alicyclic amines) is 1. The quantitative estimate of drug-likeness (QED) is 0.345. The summed E-state index contributed by atoms with van der Waals surface area (Å²) >= 11 is 0. The maximum Gasteiger partial charge on any atom is 0.418 e. The molecular formula is C35H41F3N6O3. The Morgan fingerprint density at radius 1 is 1.02 bits per heavy atom. The van der Waals surface area contributed by atoms with E-state index in [1.165, 1.54) is 6.07 Å². The molecule has 3 aromatic rings. The number of carbonyl (C=O) groups excluding carboxylic acids is 2. The number of hydrogen-bond donors (Lipinski definition) is 2. The number of alkyl halides is 3. The largest absolute Gasteiger partial charge is 0.493 e. The number of likely N-dealkylation sites (N-methyl/N-ethyl adjacent to an activating group) is 1. The van der Waals surface area contributed by atoms with Gasteiger partial charge in [0, 0.05) is 50.4 Å². The van der Waals surface area contributed by atoms with Crippen molar-refractivity contribution >= 4 is 23.2 Å². The number of carbonyl (C=O) groups is 2. The minimum Gasteiger partial charge on any atom is -0.493 e. The highest BCUT2D eigenvalue weighted by atomic mass is 19.4. The van der Waals surface area contributed by atoms with Crippen molar-refractivity contribution < 1.29 is 27.5 Å². The molecule has 2 amide bonds. The van der Waals surface area contributed by atoms with Gasteiger partial charge in [-0.3, -0.25) is 9.59 Å². The van der Waals surface area contributed by atoms with E-state index in [1.807, 2.05) is 57.3 Å². The van der Waals surface area contributed by atoms with Crippen molar-refractivity contribution in [3.8, 4) is 17.0 Å². The third-order valence-electron chi connectivity index (χ3n) is 9.41. The molecule has 3 aliphatic rings. The fraction of sp³-hybridized carbons (Fsp3) is 0.457. The molecule has 9 nitrogen and oxygen atoms in total. The van der Waals surface area contributed by atoms with Gasteiger partial charge in [-0.05, 0) is 69.3 Å². The lowest BCUT2D eigenvalue weighted by Gasteiger charge is -2.43. The molecule has 2 fully saturated rings. The van der Waals surface area contributed by atoms with Crippen molar-refractivity contribution in [3.63, 3.8) is 0 Å². The highest BCUT2D eigenvalue weighted by Crippen LogP contribution is 2.43. The number of benzene rings is 2. The van der Waals surface area contributed by atoms with Gasteiger partial charge < -0.3 is 30.1 Å². The van der Waals surface area contributed by atoms with Gasteiger partial charge >= 0.3 is 6.18 Å². The fourth-order valence-corrected chi connectivity index (χ4v) is 7.04. The predicted molar refractivity (Wildman–Crippen MR) is 175 cm³/mol. The summed E-state index contributed by atoms with van der Waals surface area (Å²) in [6.45, 7) is 7.41. The summed E-state index contributed by atoms with van der Waals surface area (Å²) in [5.41, 5.74) is 2.03. The second-order valence-corrected chi connectivity index (χ2v) is 12.5. The first-order valence-corrected chi connectivity index (χ1v) is 16.3. The zero-order chi connectivity index (χ0) is 33.3. The van der Waals surface area contributed by atoms with E-state index in [0.717, 1.165) is 31.1 Å². The topological polar surface area (TPSA) is 90.0 Å². The van der Waals surface area contributed by atoms with E-state index < -0.39 is 17.7 Å². The van der Waals surface area contributed by atoms with E-state index in [2.05, 4.69) is 20.4 Å². The summed E-state index contributed by atoms with van der Waals surface area (Å²) in [4.78, 5) is 38.7. The molecule has 3 aliphatic heterocycles. The van der Waals surface area contributed by atoms with Crippen molar-refractivity contribution in [1.29, 1.82) is 0 Å². The molecule has 6 rings (SSSR count). The van der Waals surface area contributed by atoms with E-state index in [-0.39, 0.29) is 36.1 Å². The summed E-state index contributed by atoms with van der Waals surface area (Å²) in [5, 5.41) is 6.04. The molecule has 0 spiro atoms. The van der Waals surface area contributed by atoms with Crippen molar-refractivity contribution in [2.45, 2.75) is 50.9 Å². The summed E-state index contributed by atoms with van der Waals surface area (Å²) in [7, 11) is 2.03. The van der Waals surface area contributed by atoms with Gasteiger partial charge in [0.15, 0.2) is 5.69 Å². The van der Waals surface area contributed by atoms with Crippen LogP contribution in [-0.2, 0) is 11.0 Å². The molecule has 0 bridgehead atoms. The van der Waals surface area contributed by atoms with Crippen LogP contribution < -0.4 is 20.3 Å². The number of hydrogen-bond acceptors (Lipinski definition) is 7. The van der Waals surface area contributed by atoms with Crippen molar-refractivity contribution in [2.24, 2.45) is 0 Å². The maximum atomic E-state index is 13.9. The molecular weight excluding hydrogens is 609 g/mol. The van der Waals surface area contributed by atoms with Gasteiger partial charge in [0.2, 0.25) is 5.91 Å². The van der Waals surface area contributed by atoms with E-state index in [9.17, 15) is 22.8 Å². The third-order valence-corrected chi connectivity index (χ3v) is 9.41. The minimum absolute atomic E-state index is 0.00906. The number of nitrogens with zero attached hydrogens (tertiary/aromatic N) is 4. The lowest BCUT2D eigenvalue weighted by molar-refractivity contribution is -0.137. The van der Waals surface area contributed by atoms with Crippen LogP contribution in [0.1, 0.15) is 54.2 Å². The lowest BCUT2D eigenvalue weighted by Crippen LogP contribution is -2.56. The fourth-order valence-electron chi connectivity index (χ4n) is 7.04. The van der Waals surface area contributed by atoms with Gasteiger partial charge in [-0.2, -0.15) is 13.2 Å². The average molecular weight is 651 g/mol. The van der Waals surface area contributed by atoms with Crippen LogP contribution in [0.5, 0.6) is 5.75 Å². The van der Waals surface area contributed by atoms with E-state index >= 15 is 0 Å². The molecule has 0 radical (unpaired) electrons. The molecule has 4 heterocycles. The number of fused-ring (bicyclic) bond motifs is 1. The Balaban J connectivity index is 1.27. The van der Waals surface area contributed by atoms with Crippen LogP contribution in [0.2, 0.25) is 0 Å². The molecule has 2 saturated heterocycles. The molecule has 12 heteroatoms. The first-order chi connectivity index (χ1) is 22.6. The maximum absolute atomic E-state index is 13.9. The second kappa shape index (κ2) is 13.4. The van der Waals surface area contributed by atoms with Crippen LogP contribution >= 0.6 is 0 Å². The minimum atomic E-state index is -4.51. The summed E-state index contributed by atoms with van der Waals surface area (Å²) < 4.78 is 46.8. The molecule has 250 valence electrons. The van der Waals surface area contributed by atoms with Gasteiger partial charge in [0.1, 0.15) is 5.75 Å². The van der Waals surface area contributed by atoms with Gasteiger partial charge in [-0.1, -0.05) is 31.2 Å². The Morgan fingerprint density at radius 2 is 1.83 bits per heavy atom. The zero-order valence-electron chi connectivity index (χ0n) is 26.9. The second-order valence-electron chi connectivity index (χ2n) is 12.5. The number of ether oxygens (including phenoxy) is 1. The number of rotatable bonds is 8. The van der Waals surface area contributed by atoms with Crippen LogP contribution in [-0.4, -0.2) is 91.6 Å². The van der Waals surface area contributed by atoms with Gasteiger partial charge in [-0.25, -0.2) is 4.98 Å². The number of piperazine rings is 1. The smallest absolute Gasteiger partial charge is 0.418 e. The highest BCUT2D eigenvalue weighted by Gasteiger charge is 2.41. The van der Waals surface area contributed by atoms with Crippen LogP contribution in [0.15, 0.2) is 54.6 Å². The van der Waals surface area contributed by atoms with E-state index in [0.29, 0.717) is 61.1 Å². The van der Waals surface area contributed by atoms with Gasteiger partial charge in [-0.15, -0.1) is 0 Å². The highest BCUT2D eigenvalue weighted by molar-refractivity contribution is 5.99. The average Bonchev–Trinajstić information content (AvgIpc) is 3.69. The SMILES string of the molecule is CCOc1ccccc1-c1ccc(N2CCN(C(=O)C3CNc4c3cccc4C(F)(F)F)C[C@H]2CC)c(C(=O)N[C@H]2CCN(C)C2)n1. The monoisotopic (exact) mass is 650 g/mol. The number of anilines is 2. The van der Waals surface area contributed by atoms with Crippen LogP contribution in [0.3, 0.4) is 0 Å². The zero-order valence-corrected chi connectivity index (χ0v) is 26.9. The van der Waals surface area contributed by atoms with Crippen molar-refractivity contribution in [2.75, 3.05) is 63.1 Å². The van der Waals surface area contributed by atoms with Crippen molar-refractivity contribution in [3.05, 3.63) is 71.4 Å². The van der Waals surface area contributed by atoms with Gasteiger partial charge in [0.25, 0.3) is 5.91 Å². The van der Waals surface area contributed by atoms with Gasteiger partial charge in [0.05, 0.1) is 35.2 Å². The lowest BCUT2D eigenvalue weighted by atomic mass is 9.96. The molecule has 3 atom stereocenters. The van der Waals surface area contributed by atoms with E-state index in [4.69, 9.17) is 9.72 Å². The van der Waals surface area contributed by atoms with Crippen LogP contribution in [0.25, 0.3) is 11.3 Å². The first kappa shape index (κ1) is 32.6. The number of halogens is 3. The normalized spacial score (nSPS) is 21.4. The molecule has 0 aliphatic carbocycles. The Morgan fingerprint density at radius 3 is 2.55 bits per heavy atom. The van der Waals surface area contributed by atoms with Crippen LogP contribution in [0.4, 0.5) is 24.5 Å². The Bertz CT molecular complexity index is 1630.